The van der Waals surface area contributed by atoms with Crippen LogP contribution in [0.25, 0.3) is 22.4 Å². The fraction of sp³-hybridized carbons (Fsp3) is 0.0952. The van der Waals surface area contributed by atoms with E-state index in [1.165, 1.54) is 14.2 Å². The van der Waals surface area contributed by atoms with Gasteiger partial charge in [0.1, 0.15) is 0 Å². The summed E-state index contributed by atoms with van der Waals surface area (Å²) in [4.78, 5) is 26.2. The molecule has 9 heteroatoms. The normalized spacial score (nSPS) is 10.2. The fourth-order valence-corrected chi connectivity index (χ4v) is 2.90. The molecule has 1 aromatic heterocycles. The van der Waals surface area contributed by atoms with Crippen LogP contribution >= 0.6 is 0 Å². The van der Waals surface area contributed by atoms with Gasteiger partial charge in [0, 0.05) is 22.5 Å². The quantitative estimate of drug-likeness (QED) is 0.467. The topological polar surface area (TPSA) is 130 Å². The predicted octanol–water partition coefficient (Wildman–Crippen LogP) is 4.61. The molecule has 0 aliphatic heterocycles. The van der Waals surface area contributed by atoms with Crippen molar-refractivity contribution in [2.24, 2.45) is 0 Å². The van der Waals surface area contributed by atoms with Crippen molar-refractivity contribution in [3.63, 3.8) is 0 Å². The molecule has 0 atom stereocenters. The minimum atomic E-state index is -1.15. The molecular formula is C21H19N3O6. The molecule has 2 aromatic carbocycles. The van der Waals surface area contributed by atoms with Crippen LogP contribution in [0.5, 0.6) is 11.6 Å². The summed E-state index contributed by atoms with van der Waals surface area (Å²) in [5.74, 6) is 0.737. The van der Waals surface area contributed by atoms with Gasteiger partial charge in [-0.1, -0.05) is 24.3 Å². The smallest absolute Gasteiger partial charge is 0.409 e. The number of methoxy groups -OCH3 is 2. The van der Waals surface area contributed by atoms with Crippen molar-refractivity contribution in [3.05, 3.63) is 54.6 Å². The van der Waals surface area contributed by atoms with Crippen LogP contribution in [0.4, 0.5) is 21.0 Å². The second kappa shape index (κ2) is 8.82. The van der Waals surface area contributed by atoms with E-state index in [0.717, 1.165) is 16.7 Å². The van der Waals surface area contributed by atoms with E-state index < -0.39 is 12.2 Å². The predicted molar refractivity (Wildman–Crippen MR) is 112 cm³/mol. The number of carbonyl (C=O) groups is 2. The molecule has 9 nitrogen and oxygen atoms in total. The van der Waals surface area contributed by atoms with Crippen LogP contribution in [0, 0.1) is 0 Å². The molecule has 0 unspecified atom stereocenters. The van der Waals surface area contributed by atoms with Crippen LogP contribution < -0.4 is 20.1 Å². The molecule has 1 heterocycles. The number of pyridine rings is 1. The van der Waals surface area contributed by atoms with E-state index in [4.69, 9.17) is 19.7 Å². The largest absolute Gasteiger partial charge is 0.491 e. The highest BCUT2D eigenvalue weighted by Crippen LogP contribution is 2.38. The molecule has 0 aliphatic carbocycles. The molecule has 0 aliphatic rings. The zero-order valence-corrected chi connectivity index (χ0v) is 16.2. The fourth-order valence-electron chi connectivity index (χ4n) is 2.90. The van der Waals surface area contributed by atoms with Crippen molar-refractivity contribution >= 4 is 23.6 Å². The molecule has 0 saturated carbocycles. The Morgan fingerprint density at radius 1 is 0.800 bits per heavy atom. The maximum Gasteiger partial charge on any atom is 0.409 e. The van der Waals surface area contributed by atoms with Crippen molar-refractivity contribution in [2.75, 3.05) is 24.9 Å². The third kappa shape index (κ3) is 4.58. The maximum atomic E-state index is 10.8. The maximum absolute atomic E-state index is 10.8. The molecule has 0 radical (unpaired) electrons. The zero-order valence-electron chi connectivity index (χ0n) is 16.2. The lowest BCUT2D eigenvalue weighted by atomic mass is 9.98. The summed E-state index contributed by atoms with van der Waals surface area (Å²) in [6.45, 7) is 0. The summed E-state index contributed by atoms with van der Waals surface area (Å²) >= 11 is 0. The van der Waals surface area contributed by atoms with Gasteiger partial charge in [0.05, 0.1) is 19.9 Å². The van der Waals surface area contributed by atoms with E-state index in [9.17, 15) is 9.59 Å². The van der Waals surface area contributed by atoms with E-state index in [2.05, 4.69) is 15.6 Å². The third-order valence-corrected chi connectivity index (χ3v) is 4.22. The van der Waals surface area contributed by atoms with Crippen molar-refractivity contribution in [1.82, 2.24) is 4.98 Å². The summed E-state index contributed by atoms with van der Waals surface area (Å²) in [5.41, 5.74) is 3.70. The molecule has 4 N–H and O–H groups in total. The first kappa shape index (κ1) is 20.5. The van der Waals surface area contributed by atoms with Crippen LogP contribution in [0.2, 0.25) is 0 Å². The number of aromatic nitrogens is 1. The summed E-state index contributed by atoms with van der Waals surface area (Å²) in [6, 6.07) is 15.3. The van der Waals surface area contributed by atoms with Crippen LogP contribution in [0.1, 0.15) is 0 Å². The number of rotatable bonds is 6. The molecule has 0 saturated heterocycles. The number of nitrogens with zero attached hydrogens (tertiary/aromatic N) is 1. The van der Waals surface area contributed by atoms with Gasteiger partial charge in [-0.15, -0.1) is 0 Å². The Morgan fingerprint density at radius 3 is 1.73 bits per heavy atom. The molecule has 3 aromatic rings. The average molecular weight is 409 g/mol. The van der Waals surface area contributed by atoms with Crippen molar-refractivity contribution in [2.45, 2.75) is 0 Å². The lowest BCUT2D eigenvalue weighted by molar-refractivity contribution is 0.208. The van der Waals surface area contributed by atoms with Gasteiger partial charge in [-0.25, -0.2) is 14.6 Å². The number of amides is 2. The molecule has 0 bridgehead atoms. The zero-order chi connectivity index (χ0) is 21.7. The first-order valence-electron chi connectivity index (χ1n) is 8.75. The average Bonchev–Trinajstić information content (AvgIpc) is 2.73. The number of hydrogen-bond acceptors (Lipinski definition) is 5. The lowest BCUT2D eigenvalue weighted by Gasteiger charge is -2.15. The Kier molecular flexibility index (Phi) is 6.02. The Bertz CT molecular complexity index is 979. The van der Waals surface area contributed by atoms with E-state index in [1.54, 1.807) is 54.6 Å². The molecule has 0 spiro atoms. The first-order chi connectivity index (χ1) is 14.4. The Labute approximate surface area is 171 Å². The van der Waals surface area contributed by atoms with Crippen molar-refractivity contribution < 1.29 is 29.3 Å². The van der Waals surface area contributed by atoms with Crippen molar-refractivity contribution in [3.8, 4) is 34.0 Å². The molecule has 30 heavy (non-hydrogen) atoms. The second-order valence-corrected chi connectivity index (χ2v) is 6.11. The Balaban J connectivity index is 2.09. The highest BCUT2D eigenvalue weighted by Gasteiger charge is 2.16. The molecular weight excluding hydrogens is 390 g/mol. The molecule has 154 valence electrons. The Hall–Kier alpha value is -4.27. The van der Waals surface area contributed by atoms with Gasteiger partial charge in [0.2, 0.25) is 0 Å². The van der Waals surface area contributed by atoms with Crippen LogP contribution in [-0.4, -0.2) is 41.6 Å². The van der Waals surface area contributed by atoms with E-state index >= 15 is 0 Å². The molecule has 3 rings (SSSR count). The Morgan fingerprint density at radius 2 is 1.30 bits per heavy atom. The van der Waals surface area contributed by atoms with Gasteiger partial charge in [-0.3, -0.25) is 10.6 Å². The summed E-state index contributed by atoms with van der Waals surface area (Å²) in [5, 5.41) is 22.3. The van der Waals surface area contributed by atoms with Gasteiger partial charge in [0.25, 0.3) is 5.88 Å². The monoisotopic (exact) mass is 409 g/mol. The summed E-state index contributed by atoms with van der Waals surface area (Å²) in [7, 11) is 3.00. The number of anilines is 2. The number of ether oxygens (including phenoxy) is 2. The van der Waals surface area contributed by atoms with Gasteiger partial charge in [-0.2, -0.15) is 0 Å². The van der Waals surface area contributed by atoms with Gasteiger partial charge < -0.3 is 19.7 Å². The van der Waals surface area contributed by atoms with E-state index in [1.807, 2.05) is 0 Å². The van der Waals surface area contributed by atoms with Crippen molar-refractivity contribution in [1.29, 1.82) is 0 Å². The standard InChI is InChI=1S/C21H19N3O6/c1-29-17-11-16(12-3-7-14(8-4-12)22-20(25)26)18(24-19(17)30-2)13-5-9-15(10-6-13)23-21(27)28/h3-11,22-23H,1-2H3,(H,25,26)(H,27,28). The minimum Gasteiger partial charge on any atom is -0.491 e. The van der Waals surface area contributed by atoms with Gasteiger partial charge in [0.15, 0.2) is 5.75 Å². The minimum absolute atomic E-state index is 0.299. The lowest BCUT2D eigenvalue weighted by Crippen LogP contribution is -2.07. The number of nitrogens with one attached hydrogen (secondary N) is 2. The van der Waals surface area contributed by atoms with Gasteiger partial charge >= 0.3 is 12.2 Å². The highest BCUT2D eigenvalue weighted by molar-refractivity contribution is 5.87. The van der Waals surface area contributed by atoms with E-state index in [-0.39, 0.29) is 0 Å². The molecule has 0 fully saturated rings. The SMILES string of the molecule is COc1cc(-c2ccc(NC(=O)O)cc2)c(-c2ccc(NC(=O)O)cc2)nc1OC. The number of hydrogen-bond donors (Lipinski definition) is 4. The van der Waals surface area contributed by atoms with Crippen LogP contribution in [-0.2, 0) is 0 Å². The van der Waals surface area contributed by atoms with Crippen LogP contribution in [0.15, 0.2) is 54.6 Å². The van der Waals surface area contributed by atoms with Crippen LogP contribution in [0.3, 0.4) is 0 Å². The highest BCUT2D eigenvalue weighted by atomic mass is 16.5. The molecule has 2 amide bonds. The second-order valence-electron chi connectivity index (χ2n) is 6.11. The summed E-state index contributed by atoms with van der Waals surface area (Å²) < 4.78 is 10.7. The summed E-state index contributed by atoms with van der Waals surface area (Å²) in [6.07, 6.45) is -2.30. The third-order valence-electron chi connectivity index (χ3n) is 4.22. The van der Waals surface area contributed by atoms with Gasteiger partial charge in [-0.05, 0) is 35.9 Å². The number of carboxylic acid groups (broad SMARTS) is 2. The van der Waals surface area contributed by atoms with E-state index in [0.29, 0.717) is 28.7 Å². The first-order valence-corrected chi connectivity index (χ1v) is 8.75. The number of benzene rings is 2.